The van der Waals surface area contributed by atoms with Gasteiger partial charge in [0, 0.05) is 4.75 Å². The lowest BCUT2D eigenvalue weighted by molar-refractivity contribution is 0.614. The van der Waals surface area contributed by atoms with E-state index in [1.54, 1.807) is 0 Å². The zero-order valence-electron chi connectivity index (χ0n) is 6.36. The minimum absolute atomic E-state index is 0.757. The number of rotatable bonds is 0. The van der Waals surface area contributed by atoms with Crippen molar-refractivity contribution in [1.82, 2.24) is 5.32 Å². The van der Waals surface area contributed by atoms with Crippen LogP contribution in [0.1, 0.15) is 25.7 Å². The van der Waals surface area contributed by atoms with Gasteiger partial charge in [0.25, 0.3) is 0 Å². The van der Waals surface area contributed by atoms with Crippen LogP contribution in [-0.4, -0.2) is 23.6 Å². The van der Waals surface area contributed by atoms with Crippen molar-refractivity contribution in [1.29, 1.82) is 0 Å². The summed E-state index contributed by atoms with van der Waals surface area (Å²) < 4.78 is 0.757. The molecule has 0 radical (unpaired) electrons. The fraction of sp³-hybridized carbons (Fsp3) is 1.00. The van der Waals surface area contributed by atoms with E-state index in [4.69, 9.17) is 0 Å². The average Bonchev–Trinajstić information content (AvgIpc) is 2.61. The topological polar surface area (TPSA) is 12.0 Å². The van der Waals surface area contributed by atoms with Gasteiger partial charge in [-0.15, -0.1) is 0 Å². The molecule has 2 rings (SSSR count). The van der Waals surface area contributed by atoms with Gasteiger partial charge in [-0.3, -0.25) is 0 Å². The molecule has 1 nitrogen and oxygen atoms in total. The zero-order valence-corrected chi connectivity index (χ0v) is 7.17. The fourth-order valence-electron chi connectivity index (χ4n) is 1.53. The van der Waals surface area contributed by atoms with E-state index in [2.05, 4.69) is 17.1 Å². The van der Waals surface area contributed by atoms with Gasteiger partial charge in [-0.1, -0.05) is 0 Å². The summed E-state index contributed by atoms with van der Waals surface area (Å²) >= 11 is 2.23. The van der Waals surface area contributed by atoms with E-state index in [1.807, 2.05) is 0 Å². The molecule has 0 atom stereocenters. The van der Waals surface area contributed by atoms with Crippen LogP contribution in [0.25, 0.3) is 0 Å². The molecule has 1 heterocycles. The summed E-state index contributed by atoms with van der Waals surface area (Å²) in [5.74, 6) is 1.38. The Morgan fingerprint density at radius 3 is 2.80 bits per heavy atom. The molecule has 1 aliphatic heterocycles. The zero-order chi connectivity index (χ0) is 6.86. The first-order valence-electron chi connectivity index (χ1n) is 4.26. The molecule has 1 spiro atoms. The van der Waals surface area contributed by atoms with Crippen molar-refractivity contribution in [2.75, 3.05) is 18.8 Å². The van der Waals surface area contributed by atoms with Gasteiger partial charge in [0.2, 0.25) is 0 Å². The second-order valence-corrected chi connectivity index (χ2v) is 4.95. The predicted molar refractivity (Wildman–Crippen MR) is 46.5 cm³/mol. The Bertz CT molecular complexity index is 110. The van der Waals surface area contributed by atoms with Crippen molar-refractivity contribution in [3.63, 3.8) is 0 Å². The summed E-state index contributed by atoms with van der Waals surface area (Å²) in [5.41, 5.74) is 0. The largest absolute Gasteiger partial charge is 0.317 e. The van der Waals surface area contributed by atoms with Crippen molar-refractivity contribution >= 4 is 11.8 Å². The Hall–Kier alpha value is 0.310. The van der Waals surface area contributed by atoms with Crippen molar-refractivity contribution in [3.8, 4) is 0 Å². The highest BCUT2D eigenvalue weighted by Crippen LogP contribution is 2.51. The molecule has 0 amide bonds. The molecule has 2 heteroatoms. The first-order valence-corrected chi connectivity index (χ1v) is 5.25. The van der Waals surface area contributed by atoms with Crippen LogP contribution in [0.4, 0.5) is 0 Å². The summed E-state index contributed by atoms with van der Waals surface area (Å²) in [4.78, 5) is 0. The third-order valence-corrected chi connectivity index (χ3v) is 4.19. The third kappa shape index (κ3) is 1.48. The van der Waals surface area contributed by atoms with Crippen molar-refractivity contribution < 1.29 is 0 Å². The van der Waals surface area contributed by atoms with Crippen LogP contribution in [0, 0.1) is 0 Å². The van der Waals surface area contributed by atoms with Crippen LogP contribution in [0.3, 0.4) is 0 Å². The molecule has 1 N–H and O–H groups in total. The van der Waals surface area contributed by atoms with Gasteiger partial charge >= 0.3 is 0 Å². The number of hydrogen-bond acceptors (Lipinski definition) is 2. The Kier molecular flexibility index (Phi) is 1.92. The Labute approximate surface area is 67.0 Å². The first-order chi connectivity index (χ1) is 4.91. The lowest BCUT2D eigenvalue weighted by Crippen LogP contribution is -2.24. The smallest absolute Gasteiger partial charge is 0.0173 e. The quantitative estimate of drug-likeness (QED) is 0.573. The maximum Gasteiger partial charge on any atom is 0.0173 e. The number of nitrogens with one attached hydrogen (secondary N) is 1. The van der Waals surface area contributed by atoms with E-state index in [0.717, 1.165) is 4.75 Å². The Morgan fingerprint density at radius 2 is 2.00 bits per heavy atom. The normalized spacial score (nSPS) is 31.2. The Morgan fingerprint density at radius 1 is 1.10 bits per heavy atom. The van der Waals surface area contributed by atoms with E-state index in [0.29, 0.717) is 0 Å². The average molecular weight is 157 g/mol. The minimum Gasteiger partial charge on any atom is -0.317 e. The summed E-state index contributed by atoms with van der Waals surface area (Å²) in [5, 5.41) is 3.47. The van der Waals surface area contributed by atoms with Crippen LogP contribution in [0.5, 0.6) is 0 Å². The lowest BCUT2D eigenvalue weighted by atomic mass is 10.3. The lowest BCUT2D eigenvalue weighted by Gasteiger charge is -2.18. The molecule has 58 valence electrons. The molecular formula is C8H15NS. The molecule has 1 saturated heterocycles. The molecule has 2 aliphatic rings. The van der Waals surface area contributed by atoms with Crippen LogP contribution >= 0.6 is 11.8 Å². The van der Waals surface area contributed by atoms with Gasteiger partial charge in [-0.2, -0.15) is 11.8 Å². The number of thioether (sulfide) groups is 1. The Balaban J connectivity index is 1.84. The van der Waals surface area contributed by atoms with Crippen molar-refractivity contribution in [3.05, 3.63) is 0 Å². The third-order valence-electron chi connectivity index (χ3n) is 2.47. The SMILES string of the molecule is C1CNCCC2(CC2)SC1. The van der Waals surface area contributed by atoms with Gasteiger partial charge in [0.1, 0.15) is 0 Å². The standard InChI is InChI=1S/C8H15NS/c1-5-9-6-4-8(2-3-8)10-7-1/h9H,1-7H2. The van der Waals surface area contributed by atoms with E-state index in [1.165, 1.54) is 44.5 Å². The summed E-state index contributed by atoms with van der Waals surface area (Å²) in [6.07, 6.45) is 5.75. The van der Waals surface area contributed by atoms with Gasteiger partial charge < -0.3 is 5.32 Å². The van der Waals surface area contributed by atoms with Gasteiger partial charge in [-0.25, -0.2) is 0 Å². The molecule has 1 saturated carbocycles. The summed E-state index contributed by atoms with van der Waals surface area (Å²) in [6, 6.07) is 0. The van der Waals surface area contributed by atoms with E-state index in [9.17, 15) is 0 Å². The molecule has 2 fully saturated rings. The van der Waals surface area contributed by atoms with Gasteiger partial charge in [0.05, 0.1) is 0 Å². The van der Waals surface area contributed by atoms with Gasteiger partial charge in [-0.05, 0) is 44.5 Å². The van der Waals surface area contributed by atoms with E-state index >= 15 is 0 Å². The van der Waals surface area contributed by atoms with Crippen LogP contribution in [0.2, 0.25) is 0 Å². The molecule has 0 unspecified atom stereocenters. The summed E-state index contributed by atoms with van der Waals surface area (Å²) in [6.45, 7) is 2.50. The van der Waals surface area contributed by atoms with E-state index < -0.39 is 0 Å². The second kappa shape index (κ2) is 2.74. The molecule has 0 aromatic heterocycles. The highest BCUT2D eigenvalue weighted by Gasteiger charge is 2.42. The maximum atomic E-state index is 3.47. The van der Waals surface area contributed by atoms with Crippen LogP contribution in [0.15, 0.2) is 0 Å². The first kappa shape index (κ1) is 6.99. The van der Waals surface area contributed by atoms with E-state index in [-0.39, 0.29) is 0 Å². The predicted octanol–water partition coefficient (Wildman–Crippen LogP) is 1.64. The molecule has 0 bridgehead atoms. The van der Waals surface area contributed by atoms with Crippen molar-refractivity contribution in [2.45, 2.75) is 30.4 Å². The van der Waals surface area contributed by atoms with Gasteiger partial charge in [0.15, 0.2) is 0 Å². The molecule has 10 heavy (non-hydrogen) atoms. The summed E-state index contributed by atoms with van der Waals surface area (Å²) in [7, 11) is 0. The van der Waals surface area contributed by atoms with Crippen LogP contribution in [-0.2, 0) is 0 Å². The fourth-order valence-corrected chi connectivity index (χ4v) is 2.89. The maximum absolute atomic E-state index is 3.47. The highest BCUT2D eigenvalue weighted by atomic mass is 32.2. The minimum atomic E-state index is 0.757. The monoisotopic (exact) mass is 157 g/mol. The van der Waals surface area contributed by atoms with Crippen molar-refractivity contribution in [2.24, 2.45) is 0 Å². The molecule has 1 aliphatic carbocycles. The molecule has 0 aromatic carbocycles. The number of hydrogen-bond donors (Lipinski definition) is 1. The molecule has 0 aromatic rings. The van der Waals surface area contributed by atoms with Crippen LogP contribution < -0.4 is 5.32 Å². The second-order valence-electron chi connectivity index (χ2n) is 3.39. The highest BCUT2D eigenvalue weighted by molar-refractivity contribution is 8.00. The molecular weight excluding hydrogens is 142 g/mol.